The van der Waals surface area contributed by atoms with E-state index >= 15 is 0 Å². The average Bonchev–Trinajstić information content (AvgIpc) is 2.90. The van der Waals surface area contributed by atoms with Gasteiger partial charge in [0.1, 0.15) is 0 Å². The molecule has 0 bridgehead atoms. The Morgan fingerprint density at radius 1 is 1.37 bits per heavy atom. The Morgan fingerprint density at radius 2 is 2.11 bits per heavy atom. The van der Waals surface area contributed by atoms with Crippen molar-refractivity contribution in [3.8, 4) is 0 Å². The first-order chi connectivity index (χ1) is 9.19. The summed E-state index contributed by atoms with van der Waals surface area (Å²) in [5, 5.41) is 7.35. The molecule has 3 unspecified atom stereocenters. The van der Waals surface area contributed by atoms with E-state index in [1.807, 2.05) is 0 Å². The quantitative estimate of drug-likeness (QED) is 0.825. The number of rotatable bonds is 6. The Hall–Kier alpha value is -0.380. The third kappa shape index (κ3) is 4.59. The summed E-state index contributed by atoms with van der Waals surface area (Å²) in [6.07, 6.45) is 5.03. The number of nitrogens with one attached hydrogen (secondary N) is 2. The second-order valence-corrected chi connectivity index (χ2v) is 6.52. The molecule has 0 spiro atoms. The van der Waals surface area contributed by atoms with Crippen molar-refractivity contribution in [2.24, 2.45) is 0 Å². The van der Waals surface area contributed by atoms with E-state index in [4.69, 9.17) is 0 Å². The lowest BCUT2D eigenvalue weighted by atomic mass is 10.0. The molecular weight excluding hydrogens is 300 g/mol. The van der Waals surface area contributed by atoms with Crippen molar-refractivity contribution in [3.05, 3.63) is 34.3 Å². The van der Waals surface area contributed by atoms with Gasteiger partial charge in [-0.2, -0.15) is 0 Å². The van der Waals surface area contributed by atoms with Gasteiger partial charge in [-0.05, 0) is 56.8 Å². The summed E-state index contributed by atoms with van der Waals surface area (Å²) in [6, 6.07) is 10.4. The molecule has 1 heterocycles. The third-order valence-corrected chi connectivity index (χ3v) is 4.50. The summed E-state index contributed by atoms with van der Waals surface area (Å²) in [5.41, 5.74) is 1.39. The third-order valence-electron chi connectivity index (χ3n) is 3.97. The van der Waals surface area contributed by atoms with E-state index in [-0.39, 0.29) is 0 Å². The molecule has 1 aromatic rings. The molecule has 3 atom stereocenters. The molecule has 0 aliphatic carbocycles. The van der Waals surface area contributed by atoms with E-state index in [1.54, 1.807) is 0 Å². The molecule has 3 heteroatoms. The van der Waals surface area contributed by atoms with Crippen molar-refractivity contribution in [1.82, 2.24) is 10.6 Å². The normalized spacial score (nSPS) is 22.4. The number of hydrogen-bond acceptors (Lipinski definition) is 2. The van der Waals surface area contributed by atoms with Gasteiger partial charge in [-0.25, -0.2) is 0 Å². The first kappa shape index (κ1) is 15.0. The summed E-state index contributed by atoms with van der Waals surface area (Å²) >= 11 is 3.50. The molecule has 2 N–H and O–H groups in total. The van der Waals surface area contributed by atoms with E-state index in [0.29, 0.717) is 18.1 Å². The predicted molar refractivity (Wildman–Crippen MR) is 85.4 cm³/mol. The van der Waals surface area contributed by atoms with Crippen molar-refractivity contribution >= 4 is 15.9 Å². The van der Waals surface area contributed by atoms with Gasteiger partial charge in [-0.1, -0.05) is 35.0 Å². The van der Waals surface area contributed by atoms with Gasteiger partial charge in [0, 0.05) is 22.6 Å². The molecule has 1 aliphatic rings. The van der Waals surface area contributed by atoms with E-state index in [1.165, 1.54) is 31.4 Å². The SMILES string of the molecule is CCC(NC(C)CC1CCCN1)c1ccc(Br)cc1. The Bertz CT molecular complexity index is 371. The number of halogens is 1. The summed E-state index contributed by atoms with van der Waals surface area (Å²) in [5.74, 6) is 0. The maximum atomic E-state index is 3.77. The highest BCUT2D eigenvalue weighted by molar-refractivity contribution is 9.10. The van der Waals surface area contributed by atoms with Crippen LogP contribution in [-0.4, -0.2) is 18.6 Å². The fourth-order valence-corrected chi connectivity index (χ4v) is 3.21. The van der Waals surface area contributed by atoms with Gasteiger partial charge < -0.3 is 10.6 Å². The van der Waals surface area contributed by atoms with Crippen LogP contribution in [0.3, 0.4) is 0 Å². The zero-order valence-electron chi connectivity index (χ0n) is 12.0. The van der Waals surface area contributed by atoms with Crippen LogP contribution in [0.15, 0.2) is 28.7 Å². The van der Waals surface area contributed by atoms with Gasteiger partial charge in [-0.3, -0.25) is 0 Å². The molecule has 2 nitrogen and oxygen atoms in total. The van der Waals surface area contributed by atoms with Crippen LogP contribution in [-0.2, 0) is 0 Å². The smallest absolute Gasteiger partial charge is 0.0319 e. The van der Waals surface area contributed by atoms with Crippen molar-refractivity contribution < 1.29 is 0 Å². The molecule has 1 fully saturated rings. The van der Waals surface area contributed by atoms with E-state index < -0.39 is 0 Å². The second kappa shape index (κ2) is 7.41. The Kier molecular flexibility index (Phi) is 5.86. The minimum atomic E-state index is 0.463. The maximum absolute atomic E-state index is 3.77. The summed E-state index contributed by atoms with van der Waals surface area (Å²) in [7, 11) is 0. The van der Waals surface area contributed by atoms with Crippen molar-refractivity contribution in [2.45, 2.75) is 57.7 Å². The molecule has 2 rings (SSSR count). The average molecular weight is 325 g/mol. The van der Waals surface area contributed by atoms with Gasteiger partial charge in [0.15, 0.2) is 0 Å². The minimum absolute atomic E-state index is 0.463. The highest BCUT2D eigenvalue weighted by Gasteiger charge is 2.19. The molecular formula is C16H25BrN2. The number of hydrogen-bond donors (Lipinski definition) is 2. The van der Waals surface area contributed by atoms with E-state index in [2.05, 4.69) is 64.7 Å². The van der Waals surface area contributed by atoms with Crippen LogP contribution in [0.2, 0.25) is 0 Å². The van der Waals surface area contributed by atoms with Gasteiger partial charge in [-0.15, -0.1) is 0 Å². The van der Waals surface area contributed by atoms with E-state index in [0.717, 1.165) is 10.9 Å². The summed E-state index contributed by atoms with van der Waals surface area (Å²) < 4.78 is 1.15. The standard InChI is InChI=1S/C16H25BrN2/c1-3-16(13-6-8-14(17)9-7-13)19-12(2)11-15-5-4-10-18-15/h6-9,12,15-16,18-19H,3-5,10-11H2,1-2H3. The lowest BCUT2D eigenvalue weighted by Gasteiger charge is -2.25. The molecule has 0 amide bonds. The molecule has 0 radical (unpaired) electrons. The summed E-state index contributed by atoms with van der Waals surface area (Å²) in [4.78, 5) is 0. The molecule has 19 heavy (non-hydrogen) atoms. The van der Waals surface area contributed by atoms with Gasteiger partial charge in [0.2, 0.25) is 0 Å². The topological polar surface area (TPSA) is 24.1 Å². The van der Waals surface area contributed by atoms with Crippen LogP contribution in [0.4, 0.5) is 0 Å². The predicted octanol–water partition coefficient (Wildman–Crippen LogP) is 4.02. The van der Waals surface area contributed by atoms with Gasteiger partial charge in [0.05, 0.1) is 0 Å². The highest BCUT2D eigenvalue weighted by Crippen LogP contribution is 2.21. The number of benzene rings is 1. The Labute approximate surface area is 125 Å². The highest BCUT2D eigenvalue weighted by atomic mass is 79.9. The Morgan fingerprint density at radius 3 is 2.68 bits per heavy atom. The Balaban J connectivity index is 1.88. The molecule has 1 saturated heterocycles. The zero-order chi connectivity index (χ0) is 13.7. The fraction of sp³-hybridized carbons (Fsp3) is 0.625. The minimum Gasteiger partial charge on any atom is -0.314 e. The van der Waals surface area contributed by atoms with Crippen molar-refractivity contribution in [3.63, 3.8) is 0 Å². The van der Waals surface area contributed by atoms with Gasteiger partial charge >= 0.3 is 0 Å². The van der Waals surface area contributed by atoms with Crippen LogP contribution >= 0.6 is 15.9 Å². The van der Waals surface area contributed by atoms with Crippen molar-refractivity contribution in [2.75, 3.05) is 6.54 Å². The first-order valence-electron chi connectivity index (χ1n) is 7.44. The maximum Gasteiger partial charge on any atom is 0.0319 e. The lowest BCUT2D eigenvalue weighted by molar-refractivity contribution is 0.389. The van der Waals surface area contributed by atoms with Crippen LogP contribution < -0.4 is 10.6 Å². The lowest BCUT2D eigenvalue weighted by Crippen LogP contribution is -2.36. The fourth-order valence-electron chi connectivity index (χ4n) is 2.94. The second-order valence-electron chi connectivity index (χ2n) is 5.61. The van der Waals surface area contributed by atoms with Crippen LogP contribution in [0, 0.1) is 0 Å². The molecule has 0 saturated carbocycles. The van der Waals surface area contributed by atoms with Crippen LogP contribution in [0.1, 0.15) is 51.1 Å². The molecule has 106 valence electrons. The van der Waals surface area contributed by atoms with Crippen LogP contribution in [0.5, 0.6) is 0 Å². The zero-order valence-corrected chi connectivity index (χ0v) is 13.5. The van der Waals surface area contributed by atoms with Gasteiger partial charge in [0.25, 0.3) is 0 Å². The summed E-state index contributed by atoms with van der Waals surface area (Å²) in [6.45, 7) is 5.75. The monoisotopic (exact) mass is 324 g/mol. The molecule has 1 aromatic carbocycles. The van der Waals surface area contributed by atoms with Crippen LogP contribution in [0.25, 0.3) is 0 Å². The largest absolute Gasteiger partial charge is 0.314 e. The van der Waals surface area contributed by atoms with E-state index in [9.17, 15) is 0 Å². The van der Waals surface area contributed by atoms with Crippen molar-refractivity contribution in [1.29, 1.82) is 0 Å². The molecule has 1 aliphatic heterocycles. The first-order valence-corrected chi connectivity index (χ1v) is 8.23. The molecule has 0 aromatic heterocycles.